The molecule has 0 bridgehead atoms. The predicted molar refractivity (Wildman–Crippen MR) is 48.2 cm³/mol. The number of halogens is 9. The molecule has 0 amide bonds. The Bertz CT molecular complexity index is 532. The molecule has 0 aliphatic rings. The van der Waals surface area contributed by atoms with E-state index < -0.39 is 42.1 Å². The zero-order valence-electron chi connectivity index (χ0n) is 9.73. The fourth-order valence-corrected chi connectivity index (χ4v) is 1.16. The standard InChI is InChI=1S/C9H3F9O4/c10-7(11,12)20-3-1-2-4(21-8(13,14)15)6(5(3)19)22-9(16,17)18/h1-2,19H. The summed E-state index contributed by atoms with van der Waals surface area (Å²) >= 11 is 0. The van der Waals surface area contributed by atoms with Crippen molar-refractivity contribution in [3.05, 3.63) is 12.1 Å². The van der Waals surface area contributed by atoms with Crippen LogP contribution in [0.4, 0.5) is 39.5 Å². The number of phenolic OH excluding ortho intramolecular Hbond substituents is 1. The van der Waals surface area contributed by atoms with Crippen LogP contribution in [-0.4, -0.2) is 24.2 Å². The third kappa shape index (κ3) is 5.65. The molecule has 126 valence electrons. The van der Waals surface area contributed by atoms with Crippen LogP contribution < -0.4 is 14.2 Å². The van der Waals surface area contributed by atoms with Crippen LogP contribution in [0, 0.1) is 0 Å². The first-order valence-electron chi connectivity index (χ1n) is 4.81. The molecule has 4 nitrogen and oxygen atoms in total. The molecule has 0 saturated carbocycles. The van der Waals surface area contributed by atoms with Crippen LogP contribution in [0.15, 0.2) is 12.1 Å². The number of ether oxygens (including phenoxy) is 3. The summed E-state index contributed by atoms with van der Waals surface area (Å²) in [6.45, 7) is 0. The second-order valence-corrected chi connectivity index (χ2v) is 3.38. The lowest BCUT2D eigenvalue weighted by atomic mass is 10.2. The predicted octanol–water partition coefficient (Wildman–Crippen LogP) is 4.09. The van der Waals surface area contributed by atoms with Crippen molar-refractivity contribution < 1.29 is 58.8 Å². The molecule has 0 saturated heterocycles. The van der Waals surface area contributed by atoms with Gasteiger partial charge in [-0.3, -0.25) is 0 Å². The topological polar surface area (TPSA) is 47.9 Å². The summed E-state index contributed by atoms with van der Waals surface area (Å²) in [5, 5.41) is 9.20. The minimum Gasteiger partial charge on any atom is -0.502 e. The largest absolute Gasteiger partial charge is 0.573 e. The van der Waals surface area contributed by atoms with Crippen molar-refractivity contribution in [1.29, 1.82) is 0 Å². The molecule has 13 heteroatoms. The lowest BCUT2D eigenvalue weighted by Gasteiger charge is -2.18. The number of benzene rings is 1. The Morgan fingerprint density at radius 1 is 0.636 bits per heavy atom. The average molecular weight is 346 g/mol. The zero-order chi connectivity index (χ0) is 17.3. The highest BCUT2D eigenvalue weighted by atomic mass is 19.4. The smallest absolute Gasteiger partial charge is 0.502 e. The van der Waals surface area contributed by atoms with Gasteiger partial charge in [0.1, 0.15) is 0 Å². The van der Waals surface area contributed by atoms with Gasteiger partial charge in [-0.2, -0.15) is 0 Å². The van der Waals surface area contributed by atoms with Gasteiger partial charge in [-0.1, -0.05) is 0 Å². The van der Waals surface area contributed by atoms with E-state index in [1.54, 1.807) is 0 Å². The van der Waals surface area contributed by atoms with E-state index in [-0.39, 0.29) is 12.1 Å². The molecule has 1 N–H and O–H groups in total. The minimum atomic E-state index is -5.61. The maximum absolute atomic E-state index is 12.1. The summed E-state index contributed by atoms with van der Waals surface area (Å²) in [5.74, 6) is -7.33. The highest BCUT2D eigenvalue weighted by Crippen LogP contribution is 2.48. The Kier molecular flexibility index (Phi) is 4.49. The Morgan fingerprint density at radius 2 is 1.00 bits per heavy atom. The van der Waals surface area contributed by atoms with Crippen molar-refractivity contribution in [2.45, 2.75) is 19.1 Å². The SMILES string of the molecule is Oc1c(OC(F)(F)F)ccc(OC(F)(F)F)c1OC(F)(F)F. The summed E-state index contributed by atoms with van der Waals surface area (Å²) in [7, 11) is 0. The van der Waals surface area contributed by atoms with Crippen molar-refractivity contribution in [3.8, 4) is 23.0 Å². The van der Waals surface area contributed by atoms with Gasteiger partial charge in [0.25, 0.3) is 0 Å². The van der Waals surface area contributed by atoms with E-state index in [0.29, 0.717) is 0 Å². The van der Waals surface area contributed by atoms with E-state index >= 15 is 0 Å². The maximum Gasteiger partial charge on any atom is 0.573 e. The lowest BCUT2D eigenvalue weighted by molar-refractivity contribution is -0.288. The number of aromatic hydroxyl groups is 1. The molecule has 0 unspecified atom stereocenters. The molecule has 1 aromatic carbocycles. The Hall–Kier alpha value is -2.21. The summed E-state index contributed by atoms with van der Waals surface area (Å²) in [4.78, 5) is 0. The molecular weight excluding hydrogens is 343 g/mol. The Morgan fingerprint density at radius 3 is 1.41 bits per heavy atom. The number of phenols is 1. The van der Waals surface area contributed by atoms with E-state index in [0.717, 1.165) is 0 Å². The molecule has 0 radical (unpaired) electrons. The average Bonchev–Trinajstić information content (AvgIpc) is 2.22. The summed E-state index contributed by atoms with van der Waals surface area (Å²) < 4.78 is 117. The molecule has 1 rings (SSSR count). The highest BCUT2D eigenvalue weighted by molar-refractivity contribution is 5.58. The van der Waals surface area contributed by atoms with Gasteiger partial charge in [0.15, 0.2) is 11.5 Å². The van der Waals surface area contributed by atoms with Crippen LogP contribution in [0.1, 0.15) is 0 Å². The molecule has 0 aliphatic carbocycles. The Labute approximate surface area is 114 Å². The summed E-state index contributed by atoms with van der Waals surface area (Å²) in [6.07, 6.45) is -16.5. The quantitative estimate of drug-likeness (QED) is 0.838. The third-order valence-electron chi connectivity index (χ3n) is 1.73. The molecular formula is C9H3F9O4. The minimum absolute atomic E-state index is 0.0509. The second kappa shape index (κ2) is 5.53. The summed E-state index contributed by atoms with van der Waals surface area (Å²) in [6, 6.07) is 0.169. The van der Waals surface area contributed by atoms with Crippen LogP contribution in [0.3, 0.4) is 0 Å². The van der Waals surface area contributed by atoms with E-state index in [1.165, 1.54) is 0 Å². The van der Waals surface area contributed by atoms with Crippen LogP contribution in [-0.2, 0) is 0 Å². The fraction of sp³-hybridized carbons (Fsp3) is 0.333. The van der Waals surface area contributed by atoms with Crippen LogP contribution >= 0.6 is 0 Å². The van der Waals surface area contributed by atoms with E-state index in [1.807, 2.05) is 0 Å². The number of hydrogen-bond donors (Lipinski definition) is 1. The normalized spacial score (nSPS) is 13.0. The van der Waals surface area contributed by atoms with Gasteiger partial charge < -0.3 is 19.3 Å². The molecule has 22 heavy (non-hydrogen) atoms. The lowest BCUT2D eigenvalue weighted by Crippen LogP contribution is -2.22. The molecule has 0 aromatic heterocycles. The van der Waals surface area contributed by atoms with Gasteiger partial charge in [0.05, 0.1) is 0 Å². The van der Waals surface area contributed by atoms with Crippen LogP contribution in [0.2, 0.25) is 0 Å². The highest BCUT2D eigenvalue weighted by Gasteiger charge is 2.40. The van der Waals surface area contributed by atoms with Gasteiger partial charge >= 0.3 is 19.1 Å². The van der Waals surface area contributed by atoms with Crippen molar-refractivity contribution >= 4 is 0 Å². The van der Waals surface area contributed by atoms with Crippen molar-refractivity contribution in [2.75, 3.05) is 0 Å². The van der Waals surface area contributed by atoms with Crippen molar-refractivity contribution in [3.63, 3.8) is 0 Å². The zero-order valence-corrected chi connectivity index (χ0v) is 9.73. The monoisotopic (exact) mass is 346 g/mol. The van der Waals surface area contributed by atoms with Crippen LogP contribution in [0.25, 0.3) is 0 Å². The van der Waals surface area contributed by atoms with E-state index in [9.17, 15) is 44.6 Å². The molecule has 0 heterocycles. The van der Waals surface area contributed by atoms with E-state index in [4.69, 9.17) is 0 Å². The van der Waals surface area contributed by atoms with Gasteiger partial charge in [0.2, 0.25) is 11.5 Å². The first-order chi connectivity index (χ1) is 9.68. The number of rotatable bonds is 3. The number of hydrogen-bond acceptors (Lipinski definition) is 4. The maximum atomic E-state index is 12.1. The van der Waals surface area contributed by atoms with Gasteiger partial charge in [-0.05, 0) is 12.1 Å². The van der Waals surface area contributed by atoms with Gasteiger partial charge in [-0.15, -0.1) is 39.5 Å². The molecule has 0 spiro atoms. The Balaban J connectivity index is 3.32. The van der Waals surface area contributed by atoms with Crippen molar-refractivity contribution in [2.24, 2.45) is 0 Å². The van der Waals surface area contributed by atoms with E-state index in [2.05, 4.69) is 14.2 Å². The fourth-order valence-electron chi connectivity index (χ4n) is 1.16. The first-order valence-corrected chi connectivity index (χ1v) is 4.81. The summed E-state index contributed by atoms with van der Waals surface area (Å²) in [5.41, 5.74) is 0. The molecule has 0 aliphatic heterocycles. The third-order valence-corrected chi connectivity index (χ3v) is 1.73. The number of alkyl halides is 9. The van der Waals surface area contributed by atoms with Gasteiger partial charge in [-0.25, -0.2) is 0 Å². The van der Waals surface area contributed by atoms with Crippen molar-refractivity contribution in [1.82, 2.24) is 0 Å². The van der Waals surface area contributed by atoms with Gasteiger partial charge in [0, 0.05) is 0 Å². The first kappa shape index (κ1) is 17.8. The molecule has 0 fully saturated rings. The van der Waals surface area contributed by atoms with Crippen LogP contribution in [0.5, 0.6) is 23.0 Å². The molecule has 0 atom stereocenters. The second-order valence-electron chi connectivity index (χ2n) is 3.38. The molecule has 1 aromatic rings.